The number of aromatic amines is 1. The fourth-order valence-electron chi connectivity index (χ4n) is 1.96. The van der Waals surface area contributed by atoms with E-state index in [-0.39, 0.29) is 12.3 Å². The Morgan fingerprint density at radius 1 is 1.53 bits per heavy atom. The highest BCUT2D eigenvalue weighted by atomic mass is 16.2. The van der Waals surface area contributed by atoms with E-state index in [0.717, 1.165) is 28.8 Å². The van der Waals surface area contributed by atoms with Crippen LogP contribution < -0.4 is 0 Å². The predicted octanol–water partition coefficient (Wildman–Crippen LogP) is 1.79. The van der Waals surface area contributed by atoms with Crippen molar-refractivity contribution in [3.8, 4) is 6.07 Å². The number of H-pyrrole nitrogens is 1. The third kappa shape index (κ3) is 3.10. The molecule has 0 bridgehead atoms. The van der Waals surface area contributed by atoms with Crippen molar-refractivity contribution in [2.45, 2.75) is 19.8 Å². The SMILES string of the molecule is Cc1nc2ccc(CCN(C)C(=O)CC#N)cc2[nH]1. The zero-order chi connectivity index (χ0) is 13.8. The second-order valence-electron chi connectivity index (χ2n) is 4.57. The number of benzene rings is 1. The van der Waals surface area contributed by atoms with Gasteiger partial charge in [0.15, 0.2) is 0 Å². The molecule has 0 aliphatic rings. The molecule has 0 spiro atoms. The molecule has 1 amide bonds. The Labute approximate surface area is 111 Å². The number of likely N-dealkylation sites (N-methyl/N-ethyl adjacent to an activating group) is 1. The van der Waals surface area contributed by atoms with Gasteiger partial charge in [0.05, 0.1) is 17.1 Å². The molecule has 98 valence electrons. The Hall–Kier alpha value is -2.35. The predicted molar refractivity (Wildman–Crippen MR) is 72.4 cm³/mol. The maximum atomic E-state index is 11.5. The molecule has 1 heterocycles. The quantitative estimate of drug-likeness (QED) is 0.906. The molecule has 2 rings (SSSR count). The van der Waals surface area contributed by atoms with E-state index < -0.39 is 0 Å². The van der Waals surface area contributed by atoms with Gasteiger partial charge >= 0.3 is 0 Å². The Bertz CT molecular complexity index is 638. The number of amides is 1. The first-order valence-electron chi connectivity index (χ1n) is 6.16. The van der Waals surface area contributed by atoms with E-state index in [4.69, 9.17) is 5.26 Å². The van der Waals surface area contributed by atoms with Crippen LogP contribution in [0.15, 0.2) is 18.2 Å². The molecule has 0 saturated carbocycles. The first-order chi connectivity index (χ1) is 9.10. The lowest BCUT2D eigenvalue weighted by Crippen LogP contribution is -2.28. The number of carbonyl (C=O) groups excluding carboxylic acids is 1. The van der Waals surface area contributed by atoms with E-state index in [1.54, 1.807) is 11.9 Å². The topological polar surface area (TPSA) is 72.8 Å². The number of nitriles is 1. The summed E-state index contributed by atoms with van der Waals surface area (Å²) in [5, 5.41) is 8.48. The van der Waals surface area contributed by atoms with Crippen LogP contribution in [-0.4, -0.2) is 34.4 Å². The molecule has 0 unspecified atom stereocenters. The average Bonchev–Trinajstić information content (AvgIpc) is 2.75. The Morgan fingerprint density at radius 2 is 2.32 bits per heavy atom. The lowest BCUT2D eigenvalue weighted by Gasteiger charge is -2.15. The third-order valence-corrected chi connectivity index (χ3v) is 3.06. The monoisotopic (exact) mass is 256 g/mol. The number of fused-ring (bicyclic) bond motifs is 1. The Balaban J connectivity index is 2.01. The summed E-state index contributed by atoms with van der Waals surface area (Å²) in [5.74, 6) is 0.759. The Morgan fingerprint density at radius 3 is 3.05 bits per heavy atom. The molecular weight excluding hydrogens is 240 g/mol. The smallest absolute Gasteiger partial charge is 0.236 e. The first-order valence-corrected chi connectivity index (χ1v) is 6.16. The van der Waals surface area contributed by atoms with Crippen molar-refractivity contribution in [1.82, 2.24) is 14.9 Å². The van der Waals surface area contributed by atoms with Crippen molar-refractivity contribution >= 4 is 16.9 Å². The van der Waals surface area contributed by atoms with Gasteiger partial charge < -0.3 is 9.88 Å². The van der Waals surface area contributed by atoms with E-state index in [2.05, 4.69) is 16.0 Å². The Kier molecular flexibility index (Phi) is 3.81. The van der Waals surface area contributed by atoms with Gasteiger partial charge in [-0.15, -0.1) is 0 Å². The summed E-state index contributed by atoms with van der Waals surface area (Å²) in [4.78, 5) is 20.6. The maximum Gasteiger partial charge on any atom is 0.236 e. The van der Waals surface area contributed by atoms with Crippen LogP contribution in [0.25, 0.3) is 11.0 Å². The lowest BCUT2D eigenvalue weighted by atomic mass is 10.1. The van der Waals surface area contributed by atoms with Crippen LogP contribution in [0, 0.1) is 18.3 Å². The minimum Gasteiger partial charge on any atom is -0.345 e. The second kappa shape index (κ2) is 5.53. The van der Waals surface area contributed by atoms with Crippen molar-refractivity contribution in [3.63, 3.8) is 0 Å². The normalized spacial score (nSPS) is 10.4. The summed E-state index contributed by atoms with van der Waals surface area (Å²) < 4.78 is 0. The van der Waals surface area contributed by atoms with Gasteiger partial charge in [-0.1, -0.05) is 6.07 Å². The molecule has 0 atom stereocenters. The third-order valence-electron chi connectivity index (χ3n) is 3.06. The van der Waals surface area contributed by atoms with Crippen molar-refractivity contribution < 1.29 is 4.79 Å². The molecule has 0 aliphatic heterocycles. The van der Waals surface area contributed by atoms with Gasteiger partial charge in [0.25, 0.3) is 0 Å². The number of nitrogens with one attached hydrogen (secondary N) is 1. The molecule has 0 radical (unpaired) electrons. The fourth-order valence-corrected chi connectivity index (χ4v) is 1.96. The molecule has 0 saturated heterocycles. The zero-order valence-corrected chi connectivity index (χ0v) is 11.1. The number of aryl methyl sites for hydroxylation is 1. The lowest BCUT2D eigenvalue weighted by molar-refractivity contribution is -0.128. The van der Waals surface area contributed by atoms with E-state index in [1.807, 2.05) is 25.1 Å². The number of nitrogens with zero attached hydrogens (tertiary/aromatic N) is 3. The summed E-state index contributed by atoms with van der Waals surface area (Å²) in [6.45, 7) is 2.53. The van der Waals surface area contributed by atoms with Gasteiger partial charge in [-0.05, 0) is 31.0 Å². The van der Waals surface area contributed by atoms with Gasteiger partial charge in [-0.3, -0.25) is 4.79 Å². The standard InChI is InChI=1S/C14H16N4O/c1-10-16-12-4-3-11(9-13(12)17-10)6-8-18(2)14(19)5-7-15/h3-4,9H,5-6,8H2,1-2H3,(H,16,17). The molecule has 5 heteroatoms. The number of aromatic nitrogens is 2. The second-order valence-corrected chi connectivity index (χ2v) is 4.57. The van der Waals surface area contributed by atoms with Crippen LogP contribution in [-0.2, 0) is 11.2 Å². The van der Waals surface area contributed by atoms with Gasteiger partial charge in [0, 0.05) is 13.6 Å². The average molecular weight is 256 g/mol. The first kappa shape index (κ1) is 13.1. The van der Waals surface area contributed by atoms with Crippen LogP contribution in [0.4, 0.5) is 0 Å². The maximum absolute atomic E-state index is 11.5. The van der Waals surface area contributed by atoms with Crippen LogP contribution >= 0.6 is 0 Å². The summed E-state index contributed by atoms with van der Waals surface area (Å²) in [6.07, 6.45) is 0.705. The minimum atomic E-state index is -0.138. The fraction of sp³-hybridized carbons (Fsp3) is 0.357. The number of hydrogen-bond acceptors (Lipinski definition) is 3. The van der Waals surface area contributed by atoms with E-state index >= 15 is 0 Å². The van der Waals surface area contributed by atoms with Crippen LogP contribution in [0.2, 0.25) is 0 Å². The molecule has 0 aliphatic carbocycles. The van der Waals surface area contributed by atoms with Crippen molar-refractivity contribution in [1.29, 1.82) is 5.26 Å². The number of rotatable bonds is 4. The molecule has 0 fully saturated rings. The van der Waals surface area contributed by atoms with Gasteiger partial charge in [0.1, 0.15) is 12.2 Å². The van der Waals surface area contributed by atoms with Gasteiger partial charge in [-0.25, -0.2) is 4.98 Å². The molecule has 1 aromatic heterocycles. The van der Waals surface area contributed by atoms with Crippen molar-refractivity contribution in [2.75, 3.05) is 13.6 Å². The summed E-state index contributed by atoms with van der Waals surface area (Å²) >= 11 is 0. The van der Waals surface area contributed by atoms with Crippen LogP contribution in [0.1, 0.15) is 17.8 Å². The van der Waals surface area contributed by atoms with Gasteiger partial charge in [-0.2, -0.15) is 5.26 Å². The molecule has 1 aromatic carbocycles. The largest absolute Gasteiger partial charge is 0.345 e. The highest BCUT2D eigenvalue weighted by Crippen LogP contribution is 2.14. The number of hydrogen-bond donors (Lipinski definition) is 1. The molecule has 2 aromatic rings. The summed E-state index contributed by atoms with van der Waals surface area (Å²) in [5.41, 5.74) is 3.11. The van der Waals surface area contributed by atoms with Crippen LogP contribution in [0.5, 0.6) is 0 Å². The van der Waals surface area contributed by atoms with E-state index in [9.17, 15) is 4.79 Å². The number of carbonyl (C=O) groups is 1. The van der Waals surface area contributed by atoms with Crippen molar-refractivity contribution in [3.05, 3.63) is 29.6 Å². The minimum absolute atomic E-state index is 0.0602. The molecule has 19 heavy (non-hydrogen) atoms. The number of imidazole rings is 1. The van der Waals surface area contributed by atoms with Crippen molar-refractivity contribution in [2.24, 2.45) is 0 Å². The highest BCUT2D eigenvalue weighted by Gasteiger charge is 2.08. The highest BCUT2D eigenvalue weighted by molar-refractivity contribution is 5.78. The van der Waals surface area contributed by atoms with Gasteiger partial charge in [0.2, 0.25) is 5.91 Å². The summed E-state index contributed by atoms with van der Waals surface area (Å²) in [6, 6.07) is 7.92. The molecular formula is C14H16N4O. The van der Waals surface area contributed by atoms with Crippen LogP contribution in [0.3, 0.4) is 0 Å². The zero-order valence-electron chi connectivity index (χ0n) is 11.1. The molecule has 1 N–H and O–H groups in total. The van der Waals surface area contributed by atoms with E-state index in [1.165, 1.54) is 0 Å². The summed E-state index contributed by atoms with van der Waals surface area (Å²) in [7, 11) is 1.72. The molecule has 5 nitrogen and oxygen atoms in total. The van der Waals surface area contributed by atoms with E-state index in [0.29, 0.717) is 6.54 Å².